The van der Waals surface area contributed by atoms with Gasteiger partial charge in [0.15, 0.2) is 5.58 Å². The van der Waals surface area contributed by atoms with Gasteiger partial charge in [0.05, 0.1) is 5.69 Å². The van der Waals surface area contributed by atoms with Gasteiger partial charge in [-0.3, -0.25) is 0 Å². The molecule has 0 fully saturated rings. The Hall–Kier alpha value is -6.94. The largest absolute Gasteiger partial charge is 0.454 e. The molecule has 0 aliphatic rings. The molecule has 2 aromatic heterocycles. The van der Waals surface area contributed by atoms with Gasteiger partial charge in [0, 0.05) is 47.9 Å². The molecule has 2 nitrogen and oxygen atoms in total. The molecule has 0 aliphatic carbocycles. The number of furan rings is 1. The molecule has 0 bridgehead atoms. The minimum absolute atomic E-state index is 0.861. The molecule has 0 N–H and O–H groups in total. The van der Waals surface area contributed by atoms with Crippen LogP contribution in [0, 0.1) is 0 Å². The van der Waals surface area contributed by atoms with Gasteiger partial charge < -0.3 is 9.32 Å². The number of anilines is 3. The number of benzene rings is 9. The van der Waals surface area contributed by atoms with Gasteiger partial charge in [0.2, 0.25) is 0 Å². The van der Waals surface area contributed by atoms with Crippen molar-refractivity contribution in [1.29, 1.82) is 0 Å². The lowest BCUT2D eigenvalue weighted by Crippen LogP contribution is -2.11. The highest BCUT2D eigenvalue weighted by Crippen LogP contribution is 2.48. The summed E-state index contributed by atoms with van der Waals surface area (Å²) in [5.41, 5.74) is 11.9. The van der Waals surface area contributed by atoms with Crippen LogP contribution in [-0.2, 0) is 0 Å². The third kappa shape index (κ3) is 5.32. The number of fused-ring (bicyclic) bond motifs is 7. The standard InChI is InChI=1S/C52H33NOS/c1-2-11-36(12-3-1)43-31-32-47-44-16-6-8-19-48(44)54-52(47)51(43)53(40-28-23-37(24-29-40)42-18-10-14-35-13-4-5-15-41(35)42)39-26-21-34(22-27-39)38-25-30-46-45-17-7-9-20-49(45)55-50(46)33-38/h1-33H. The van der Waals surface area contributed by atoms with Crippen molar-refractivity contribution in [3.05, 3.63) is 200 Å². The van der Waals surface area contributed by atoms with E-state index >= 15 is 0 Å². The Balaban J connectivity index is 1.10. The summed E-state index contributed by atoms with van der Waals surface area (Å²) in [6, 6.07) is 72.1. The first-order valence-electron chi connectivity index (χ1n) is 18.7. The van der Waals surface area contributed by atoms with Crippen molar-refractivity contribution in [2.24, 2.45) is 0 Å². The summed E-state index contributed by atoms with van der Waals surface area (Å²) < 4.78 is 9.46. The van der Waals surface area contributed by atoms with Crippen molar-refractivity contribution in [3.63, 3.8) is 0 Å². The maximum absolute atomic E-state index is 6.83. The van der Waals surface area contributed by atoms with Crippen LogP contribution in [0.15, 0.2) is 205 Å². The maximum Gasteiger partial charge on any atom is 0.160 e. The van der Waals surface area contributed by atoms with E-state index in [0.29, 0.717) is 0 Å². The van der Waals surface area contributed by atoms with Crippen LogP contribution in [0.4, 0.5) is 17.1 Å². The van der Waals surface area contributed by atoms with Crippen LogP contribution in [0.25, 0.3) is 86.3 Å². The number of rotatable bonds is 6. The average Bonchev–Trinajstić information content (AvgIpc) is 3.83. The fourth-order valence-electron chi connectivity index (χ4n) is 8.23. The fourth-order valence-corrected chi connectivity index (χ4v) is 9.38. The minimum atomic E-state index is 0.861. The summed E-state index contributed by atoms with van der Waals surface area (Å²) in [5, 5.41) is 7.32. The molecule has 0 saturated carbocycles. The van der Waals surface area contributed by atoms with E-state index < -0.39 is 0 Å². The van der Waals surface area contributed by atoms with Crippen molar-refractivity contribution in [2.45, 2.75) is 0 Å². The Kier molecular flexibility index (Phi) is 7.39. The molecule has 0 aliphatic heterocycles. The molecule has 0 spiro atoms. The third-order valence-electron chi connectivity index (χ3n) is 10.9. The molecule has 55 heavy (non-hydrogen) atoms. The molecule has 11 rings (SSSR count). The van der Waals surface area contributed by atoms with Crippen molar-refractivity contribution >= 4 is 81.3 Å². The van der Waals surface area contributed by atoms with E-state index in [4.69, 9.17) is 4.42 Å². The van der Waals surface area contributed by atoms with Gasteiger partial charge >= 0.3 is 0 Å². The lowest BCUT2D eigenvalue weighted by Gasteiger charge is -2.28. The van der Waals surface area contributed by atoms with E-state index in [1.165, 1.54) is 53.2 Å². The number of para-hydroxylation sites is 1. The Labute approximate surface area is 322 Å². The zero-order valence-corrected chi connectivity index (χ0v) is 30.6. The predicted octanol–water partition coefficient (Wildman–Crippen LogP) is 15.6. The molecule has 0 amide bonds. The summed E-state index contributed by atoms with van der Waals surface area (Å²) in [5.74, 6) is 0. The second-order valence-corrected chi connectivity index (χ2v) is 15.2. The molecule has 11 aromatic rings. The van der Waals surface area contributed by atoms with Gasteiger partial charge in [-0.25, -0.2) is 0 Å². The highest BCUT2D eigenvalue weighted by molar-refractivity contribution is 7.25. The fraction of sp³-hybridized carbons (Fsp3) is 0. The van der Waals surface area contributed by atoms with E-state index in [2.05, 4.69) is 199 Å². The molecule has 2 heterocycles. The summed E-state index contributed by atoms with van der Waals surface area (Å²) >= 11 is 1.86. The molecule has 9 aromatic carbocycles. The second-order valence-electron chi connectivity index (χ2n) is 14.1. The number of hydrogen-bond donors (Lipinski definition) is 0. The number of hydrogen-bond acceptors (Lipinski definition) is 3. The predicted molar refractivity (Wildman–Crippen MR) is 235 cm³/mol. The van der Waals surface area contributed by atoms with Crippen molar-refractivity contribution in [2.75, 3.05) is 4.90 Å². The van der Waals surface area contributed by atoms with Crippen LogP contribution >= 0.6 is 11.3 Å². The first-order valence-corrected chi connectivity index (χ1v) is 19.5. The van der Waals surface area contributed by atoms with Crippen LogP contribution in [0.1, 0.15) is 0 Å². The zero-order valence-electron chi connectivity index (χ0n) is 29.8. The number of nitrogens with zero attached hydrogens (tertiary/aromatic N) is 1. The normalized spacial score (nSPS) is 11.6. The zero-order chi connectivity index (χ0) is 36.3. The first-order chi connectivity index (χ1) is 27.3. The van der Waals surface area contributed by atoms with Crippen LogP contribution in [0.3, 0.4) is 0 Å². The molecule has 0 atom stereocenters. The molecule has 0 saturated heterocycles. The van der Waals surface area contributed by atoms with Crippen molar-refractivity contribution in [3.8, 4) is 33.4 Å². The van der Waals surface area contributed by atoms with Gasteiger partial charge in [0.25, 0.3) is 0 Å². The Morgan fingerprint density at radius 2 is 0.964 bits per heavy atom. The molecular weight excluding hydrogens is 687 g/mol. The topological polar surface area (TPSA) is 16.4 Å². The number of thiophene rings is 1. The lowest BCUT2D eigenvalue weighted by atomic mass is 9.97. The van der Waals surface area contributed by atoms with Gasteiger partial charge in [-0.15, -0.1) is 11.3 Å². The average molecular weight is 720 g/mol. The molecular formula is C52H33NOS. The quantitative estimate of drug-likeness (QED) is 0.170. The summed E-state index contributed by atoms with van der Waals surface area (Å²) in [4.78, 5) is 2.37. The van der Waals surface area contributed by atoms with Crippen LogP contribution in [0.2, 0.25) is 0 Å². The highest BCUT2D eigenvalue weighted by Gasteiger charge is 2.24. The molecule has 3 heteroatoms. The molecule has 258 valence electrons. The second kappa shape index (κ2) is 12.9. The van der Waals surface area contributed by atoms with E-state index in [9.17, 15) is 0 Å². The monoisotopic (exact) mass is 719 g/mol. The van der Waals surface area contributed by atoms with E-state index in [0.717, 1.165) is 50.1 Å². The van der Waals surface area contributed by atoms with E-state index in [1.807, 2.05) is 17.4 Å². The molecule has 0 radical (unpaired) electrons. The Morgan fingerprint density at radius 1 is 0.364 bits per heavy atom. The minimum Gasteiger partial charge on any atom is -0.454 e. The highest BCUT2D eigenvalue weighted by atomic mass is 32.1. The summed E-state index contributed by atoms with van der Waals surface area (Å²) in [6.45, 7) is 0. The van der Waals surface area contributed by atoms with Crippen LogP contribution in [-0.4, -0.2) is 0 Å². The van der Waals surface area contributed by atoms with Gasteiger partial charge in [-0.2, -0.15) is 0 Å². The summed E-state index contributed by atoms with van der Waals surface area (Å²) in [7, 11) is 0. The van der Waals surface area contributed by atoms with Crippen LogP contribution in [0.5, 0.6) is 0 Å². The SMILES string of the molecule is c1ccc(-c2ccc3c(oc4ccccc43)c2N(c2ccc(-c3ccc4c(c3)sc3ccccc34)cc2)c2ccc(-c3cccc4ccccc34)cc2)cc1. The van der Waals surface area contributed by atoms with E-state index in [1.54, 1.807) is 0 Å². The maximum atomic E-state index is 6.83. The van der Waals surface area contributed by atoms with Crippen molar-refractivity contribution in [1.82, 2.24) is 0 Å². The Morgan fingerprint density at radius 3 is 1.78 bits per heavy atom. The van der Waals surface area contributed by atoms with Crippen molar-refractivity contribution < 1.29 is 4.42 Å². The van der Waals surface area contributed by atoms with Gasteiger partial charge in [-0.1, -0.05) is 152 Å². The summed E-state index contributed by atoms with van der Waals surface area (Å²) in [6.07, 6.45) is 0. The first kappa shape index (κ1) is 31.6. The Bertz CT molecular complexity index is 3190. The third-order valence-corrected chi connectivity index (χ3v) is 12.0. The molecule has 0 unspecified atom stereocenters. The van der Waals surface area contributed by atoms with Gasteiger partial charge in [-0.05, 0) is 87.1 Å². The lowest BCUT2D eigenvalue weighted by molar-refractivity contribution is 0.669. The van der Waals surface area contributed by atoms with Crippen LogP contribution < -0.4 is 4.90 Å². The van der Waals surface area contributed by atoms with E-state index in [-0.39, 0.29) is 0 Å². The smallest absolute Gasteiger partial charge is 0.160 e. The van der Waals surface area contributed by atoms with Gasteiger partial charge in [0.1, 0.15) is 5.58 Å².